The lowest BCUT2D eigenvalue weighted by atomic mass is 9.84. The van der Waals surface area contributed by atoms with Gasteiger partial charge in [0.25, 0.3) is 0 Å². The minimum atomic E-state index is -2.70. The number of carbonyl (C=O) groups is 3. The zero-order valence-corrected chi connectivity index (χ0v) is 10.6. The second-order valence-corrected chi connectivity index (χ2v) is 4.28. The Hall–Kier alpha value is -2.52. The highest BCUT2D eigenvalue weighted by Crippen LogP contribution is 2.35. The largest absolute Gasteiger partial charge is 0.465 e. The van der Waals surface area contributed by atoms with E-state index in [2.05, 4.69) is 4.74 Å². The molecular weight excluding hydrogens is 262 g/mol. The summed E-state index contributed by atoms with van der Waals surface area (Å²) in [6.45, 7) is 1.49. The molecule has 0 heterocycles. The van der Waals surface area contributed by atoms with Gasteiger partial charge < -0.3 is 9.84 Å². The molecule has 0 spiro atoms. The van der Waals surface area contributed by atoms with Crippen LogP contribution in [0.25, 0.3) is 0 Å². The van der Waals surface area contributed by atoms with Crippen LogP contribution in [0.15, 0.2) is 24.3 Å². The van der Waals surface area contributed by atoms with E-state index in [0.717, 1.165) is 0 Å². The van der Waals surface area contributed by atoms with Crippen molar-refractivity contribution in [2.45, 2.75) is 12.5 Å². The first-order valence-electron chi connectivity index (χ1n) is 5.95. The third-order valence-electron chi connectivity index (χ3n) is 3.18. The van der Waals surface area contributed by atoms with E-state index in [1.165, 1.54) is 37.3 Å². The number of ketones is 2. The summed E-state index contributed by atoms with van der Waals surface area (Å²) in [6.07, 6.45) is 0. The van der Waals surface area contributed by atoms with Gasteiger partial charge in [-0.3, -0.25) is 14.4 Å². The van der Waals surface area contributed by atoms with Crippen molar-refractivity contribution in [1.82, 2.24) is 0 Å². The minimum Gasteiger partial charge on any atom is -0.465 e. The SMILES string of the molecule is CCOC(=O)C(C#N)C1(O)C(=O)c2ccccc2C1=O. The maximum absolute atomic E-state index is 12.2. The van der Waals surface area contributed by atoms with Crippen LogP contribution in [0.5, 0.6) is 0 Å². The summed E-state index contributed by atoms with van der Waals surface area (Å²) < 4.78 is 4.64. The van der Waals surface area contributed by atoms with E-state index >= 15 is 0 Å². The average Bonchev–Trinajstić information content (AvgIpc) is 2.63. The Morgan fingerprint density at radius 2 is 1.85 bits per heavy atom. The number of nitriles is 1. The molecule has 1 aliphatic carbocycles. The van der Waals surface area contributed by atoms with Gasteiger partial charge in [0.05, 0.1) is 12.7 Å². The third-order valence-corrected chi connectivity index (χ3v) is 3.18. The maximum atomic E-state index is 12.2. The van der Waals surface area contributed by atoms with Crippen LogP contribution in [0.4, 0.5) is 0 Å². The first-order valence-corrected chi connectivity index (χ1v) is 5.95. The molecule has 2 rings (SSSR count). The van der Waals surface area contributed by atoms with E-state index in [4.69, 9.17) is 5.26 Å². The molecule has 0 aliphatic heterocycles. The lowest BCUT2D eigenvalue weighted by molar-refractivity contribution is -0.150. The number of rotatable bonds is 3. The first kappa shape index (κ1) is 13.9. The molecule has 0 radical (unpaired) electrons. The van der Waals surface area contributed by atoms with Crippen molar-refractivity contribution in [1.29, 1.82) is 5.26 Å². The fraction of sp³-hybridized carbons (Fsp3) is 0.286. The van der Waals surface area contributed by atoms with Crippen LogP contribution in [-0.2, 0) is 9.53 Å². The summed E-state index contributed by atoms with van der Waals surface area (Å²) in [6, 6.07) is 7.29. The van der Waals surface area contributed by atoms with Gasteiger partial charge in [-0.25, -0.2) is 0 Å². The van der Waals surface area contributed by atoms with Gasteiger partial charge in [-0.1, -0.05) is 24.3 Å². The van der Waals surface area contributed by atoms with Crippen molar-refractivity contribution < 1.29 is 24.2 Å². The lowest BCUT2D eigenvalue weighted by Gasteiger charge is -2.22. The Balaban J connectivity index is 2.52. The third kappa shape index (κ3) is 1.72. The van der Waals surface area contributed by atoms with Gasteiger partial charge in [-0.15, -0.1) is 0 Å². The highest BCUT2D eigenvalue weighted by molar-refractivity contribution is 6.33. The van der Waals surface area contributed by atoms with Crippen LogP contribution >= 0.6 is 0 Å². The Bertz CT molecular complexity index is 608. The van der Waals surface area contributed by atoms with Gasteiger partial charge in [0.2, 0.25) is 17.2 Å². The summed E-state index contributed by atoms with van der Waals surface area (Å²) in [5, 5.41) is 19.4. The van der Waals surface area contributed by atoms with E-state index in [1.807, 2.05) is 0 Å². The second-order valence-electron chi connectivity index (χ2n) is 4.28. The number of Topliss-reactive ketones (excluding diaryl/α,β-unsaturated/α-hetero) is 2. The van der Waals surface area contributed by atoms with Gasteiger partial charge >= 0.3 is 5.97 Å². The predicted octanol–water partition coefficient (Wildman–Crippen LogP) is 0.500. The van der Waals surface area contributed by atoms with E-state index in [1.54, 1.807) is 0 Å². The monoisotopic (exact) mass is 273 g/mol. The topological polar surface area (TPSA) is 104 Å². The van der Waals surface area contributed by atoms with Crippen LogP contribution in [0.2, 0.25) is 0 Å². The number of ether oxygens (including phenoxy) is 1. The average molecular weight is 273 g/mol. The fourth-order valence-corrected chi connectivity index (χ4v) is 2.20. The van der Waals surface area contributed by atoms with Crippen molar-refractivity contribution in [3.63, 3.8) is 0 Å². The molecule has 1 aromatic rings. The summed E-state index contributed by atoms with van der Waals surface area (Å²) >= 11 is 0. The Morgan fingerprint density at radius 1 is 1.35 bits per heavy atom. The van der Waals surface area contributed by atoms with Gasteiger partial charge in [0.15, 0.2) is 5.92 Å². The predicted molar refractivity (Wildman–Crippen MR) is 65.8 cm³/mol. The minimum absolute atomic E-state index is 0.00421. The molecule has 6 heteroatoms. The van der Waals surface area contributed by atoms with Crippen LogP contribution in [-0.4, -0.2) is 34.9 Å². The molecule has 1 aliphatic rings. The highest BCUT2D eigenvalue weighted by atomic mass is 16.5. The van der Waals surface area contributed by atoms with E-state index in [0.29, 0.717) is 0 Å². The van der Waals surface area contributed by atoms with Gasteiger partial charge in [0.1, 0.15) is 0 Å². The molecule has 0 bridgehead atoms. The lowest BCUT2D eigenvalue weighted by Crippen LogP contribution is -2.51. The van der Waals surface area contributed by atoms with Crippen molar-refractivity contribution in [2.24, 2.45) is 5.92 Å². The molecular formula is C14H11NO5. The number of nitrogens with zero attached hydrogens (tertiary/aromatic N) is 1. The molecule has 0 saturated carbocycles. The molecule has 0 amide bonds. The second kappa shape index (κ2) is 4.87. The van der Waals surface area contributed by atoms with Crippen LogP contribution in [0.1, 0.15) is 27.6 Å². The fourth-order valence-electron chi connectivity index (χ4n) is 2.20. The molecule has 1 atom stereocenters. The molecule has 6 nitrogen and oxygen atoms in total. The molecule has 1 aromatic carbocycles. The number of fused-ring (bicyclic) bond motifs is 1. The zero-order chi connectivity index (χ0) is 14.9. The molecule has 20 heavy (non-hydrogen) atoms. The van der Waals surface area contributed by atoms with E-state index in [-0.39, 0.29) is 17.7 Å². The summed E-state index contributed by atoms with van der Waals surface area (Å²) in [5.41, 5.74) is -2.70. The molecule has 102 valence electrons. The number of carbonyl (C=O) groups excluding carboxylic acids is 3. The Morgan fingerprint density at radius 3 is 2.25 bits per heavy atom. The normalized spacial score (nSPS) is 17.2. The smallest absolute Gasteiger partial charge is 0.327 e. The maximum Gasteiger partial charge on any atom is 0.327 e. The Kier molecular flexibility index (Phi) is 3.38. The van der Waals surface area contributed by atoms with Crippen molar-refractivity contribution in [3.8, 4) is 6.07 Å². The van der Waals surface area contributed by atoms with Crippen molar-refractivity contribution >= 4 is 17.5 Å². The quantitative estimate of drug-likeness (QED) is 0.635. The summed E-state index contributed by atoms with van der Waals surface area (Å²) in [4.78, 5) is 36.1. The number of aliphatic hydroxyl groups is 1. The number of esters is 1. The van der Waals surface area contributed by atoms with Crippen LogP contribution in [0, 0.1) is 17.2 Å². The van der Waals surface area contributed by atoms with E-state index in [9.17, 15) is 19.5 Å². The molecule has 0 saturated heterocycles. The first-order chi connectivity index (χ1) is 9.48. The molecule has 0 fully saturated rings. The number of benzene rings is 1. The van der Waals surface area contributed by atoms with Gasteiger partial charge in [-0.2, -0.15) is 5.26 Å². The molecule has 1 unspecified atom stereocenters. The molecule has 1 N–H and O–H groups in total. The summed E-state index contributed by atoms with van der Waals surface area (Å²) in [7, 11) is 0. The van der Waals surface area contributed by atoms with Crippen molar-refractivity contribution in [3.05, 3.63) is 35.4 Å². The van der Waals surface area contributed by atoms with Crippen LogP contribution in [0.3, 0.4) is 0 Å². The van der Waals surface area contributed by atoms with Crippen molar-refractivity contribution in [2.75, 3.05) is 6.61 Å². The highest BCUT2D eigenvalue weighted by Gasteiger charge is 2.60. The number of hydrogen-bond donors (Lipinski definition) is 1. The number of hydrogen-bond acceptors (Lipinski definition) is 6. The Labute approximate surface area is 114 Å². The van der Waals surface area contributed by atoms with E-state index < -0.39 is 29.1 Å². The van der Waals surface area contributed by atoms with Gasteiger partial charge in [-0.05, 0) is 6.92 Å². The standard InChI is InChI=1S/C14H11NO5/c1-2-20-13(18)10(7-15)14(19)11(16)8-5-3-4-6-9(8)12(14)17/h3-6,10,19H,2H2,1H3. The summed E-state index contributed by atoms with van der Waals surface area (Å²) in [5.74, 6) is -4.86. The van der Waals surface area contributed by atoms with Crippen LogP contribution < -0.4 is 0 Å². The van der Waals surface area contributed by atoms with Gasteiger partial charge in [0, 0.05) is 11.1 Å². The zero-order valence-electron chi connectivity index (χ0n) is 10.6. The molecule has 0 aromatic heterocycles.